The first-order valence-electron chi connectivity index (χ1n) is 16.3. The van der Waals surface area contributed by atoms with E-state index in [2.05, 4.69) is 50.2 Å². The van der Waals surface area contributed by atoms with E-state index in [1.807, 2.05) is 18.2 Å². The number of carbonyl (C=O) groups excluding carboxylic acids is 1. The van der Waals surface area contributed by atoms with E-state index in [1.165, 1.54) is 42.2 Å². The van der Waals surface area contributed by atoms with Crippen molar-refractivity contribution in [1.82, 2.24) is 0 Å². The molecule has 8 nitrogen and oxygen atoms in total. The monoisotopic (exact) mass is 650 g/mol. The molecule has 248 valence electrons. The molecule has 3 aromatic carbocycles. The second-order valence-corrected chi connectivity index (χ2v) is 14.2. The fourth-order valence-corrected chi connectivity index (χ4v) is 7.35. The van der Waals surface area contributed by atoms with E-state index in [1.54, 1.807) is 0 Å². The predicted octanol–water partition coefficient (Wildman–Crippen LogP) is 7.82. The molecule has 6 rings (SSSR count). The van der Waals surface area contributed by atoms with E-state index in [9.17, 15) is 13.2 Å². The number of benzene rings is 3. The number of esters is 1. The van der Waals surface area contributed by atoms with Gasteiger partial charge in [0.1, 0.15) is 23.9 Å². The van der Waals surface area contributed by atoms with Crippen LogP contribution in [0, 0.1) is 13.8 Å². The predicted molar refractivity (Wildman–Crippen MR) is 178 cm³/mol. The Kier molecular flexibility index (Phi) is 11.3. The molecular weight excluding hydrogens is 604 g/mol. The van der Waals surface area contributed by atoms with Crippen molar-refractivity contribution in [2.45, 2.75) is 96.4 Å². The van der Waals surface area contributed by atoms with E-state index < -0.39 is 10.1 Å². The molecule has 9 heteroatoms. The maximum absolute atomic E-state index is 11.7. The van der Waals surface area contributed by atoms with Crippen molar-refractivity contribution in [3.63, 3.8) is 0 Å². The minimum Gasteiger partial charge on any atom is -0.492 e. The highest BCUT2D eigenvalue weighted by atomic mass is 32.2. The zero-order valence-corrected chi connectivity index (χ0v) is 28.2. The molecule has 0 amide bonds. The Morgan fingerprint density at radius 3 is 2.20 bits per heavy atom. The number of methoxy groups -OCH3 is 1. The van der Waals surface area contributed by atoms with Crippen molar-refractivity contribution in [3.05, 3.63) is 76.9 Å². The second kappa shape index (κ2) is 15.4. The summed E-state index contributed by atoms with van der Waals surface area (Å²) in [5.41, 5.74) is 7.00. The summed E-state index contributed by atoms with van der Waals surface area (Å²) in [6.45, 7) is 5.26. The maximum atomic E-state index is 11.7. The smallest absolute Gasteiger partial charge is 0.306 e. The quantitative estimate of drug-likeness (QED) is 0.162. The third kappa shape index (κ3) is 9.26. The fourth-order valence-electron chi connectivity index (χ4n) is 6.66. The van der Waals surface area contributed by atoms with Crippen molar-refractivity contribution in [2.75, 3.05) is 20.0 Å². The molecule has 1 heterocycles. The average Bonchev–Trinajstić information content (AvgIpc) is 3.79. The first-order chi connectivity index (χ1) is 22.1. The molecule has 3 aliphatic rings. The van der Waals surface area contributed by atoms with Crippen molar-refractivity contribution < 1.29 is 36.3 Å². The van der Waals surface area contributed by atoms with E-state index in [4.69, 9.17) is 23.1 Å². The van der Waals surface area contributed by atoms with Crippen LogP contribution < -0.4 is 14.2 Å². The van der Waals surface area contributed by atoms with Gasteiger partial charge in [-0.2, -0.15) is 8.42 Å². The van der Waals surface area contributed by atoms with Gasteiger partial charge in [-0.15, -0.1) is 0 Å². The van der Waals surface area contributed by atoms with E-state index >= 15 is 0 Å². The Morgan fingerprint density at radius 2 is 1.54 bits per heavy atom. The summed E-state index contributed by atoms with van der Waals surface area (Å²) in [5, 5.41) is 0. The van der Waals surface area contributed by atoms with Gasteiger partial charge in [0.2, 0.25) is 0 Å². The number of carbonyl (C=O) groups is 1. The van der Waals surface area contributed by atoms with Gasteiger partial charge >= 0.3 is 5.97 Å². The van der Waals surface area contributed by atoms with Crippen molar-refractivity contribution in [2.24, 2.45) is 0 Å². The van der Waals surface area contributed by atoms with E-state index in [0.717, 1.165) is 73.2 Å². The molecule has 0 N–H and O–H groups in total. The van der Waals surface area contributed by atoms with Crippen LogP contribution in [0.5, 0.6) is 17.2 Å². The lowest BCUT2D eigenvalue weighted by atomic mass is 9.94. The van der Waals surface area contributed by atoms with Crippen LogP contribution in [0.2, 0.25) is 0 Å². The third-order valence-corrected chi connectivity index (χ3v) is 9.47. The van der Waals surface area contributed by atoms with Crippen LogP contribution in [0.3, 0.4) is 0 Å². The zero-order chi connectivity index (χ0) is 32.7. The molecule has 0 spiro atoms. The van der Waals surface area contributed by atoms with Gasteiger partial charge in [-0.1, -0.05) is 37.1 Å². The molecule has 2 saturated carbocycles. The van der Waals surface area contributed by atoms with Gasteiger partial charge in [0.05, 0.1) is 38.6 Å². The normalized spacial score (nSPS) is 18.0. The lowest BCUT2D eigenvalue weighted by molar-refractivity contribution is -0.141. The standard InChI is InChI=1S/C31H34O5.C6H12O3S/c1-20-13-27(36-25-9-4-5-10-25)14-21(2)31(20)23-8-6-7-22(15-23)18-34-26-11-12-28-24(16-30(32)33-3)19-35-29(28)17-26;1-10(7,8)9-6-4-2-3-5-6/h6-8,11-15,17,24-25H,4-5,9-10,16,18-19H2,1-3H3;6H,2-5H2,1H3/t24-;/m1./s1. The van der Waals surface area contributed by atoms with E-state index in [-0.39, 0.29) is 18.0 Å². The Morgan fingerprint density at radius 1 is 0.870 bits per heavy atom. The molecule has 0 radical (unpaired) electrons. The summed E-state index contributed by atoms with van der Waals surface area (Å²) >= 11 is 0. The summed E-state index contributed by atoms with van der Waals surface area (Å²) < 4.78 is 48.9. The van der Waals surface area contributed by atoms with Crippen LogP contribution in [-0.4, -0.2) is 46.6 Å². The van der Waals surface area contributed by atoms with Crippen LogP contribution in [0.4, 0.5) is 0 Å². The van der Waals surface area contributed by atoms with Gasteiger partial charge in [0, 0.05) is 17.5 Å². The molecule has 2 aliphatic carbocycles. The number of ether oxygens (including phenoxy) is 4. The van der Waals surface area contributed by atoms with Gasteiger partial charge in [-0.25, -0.2) is 0 Å². The topological polar surface area (TPSA) is 97.4 Å². The lowest BCUT2D eigenvalue weighted by Crippen LogP contribution is -2.13. The minimum atomic E-state index is -3.21. The largest absolute Gasteiger partial charge is 0.492 e. The third-order valence-electron chi connectivity index (χ3n) is 8.85. The number of aryl methyl sites for hydroxylation is 2. The van der Waals surface area contributed by atoms with Gasteiger partial charge in [-0.3, -0.25) is 8.98 Å². The first-order valence-corrected chi connectivity index (χ1v) is 18.1. The average molecular weight is 651 g/mol. The highest BCUT2D eigenvalue weighted by molar-refractivity contribution is 7.86. The summed E-state index contributed by atoms with van der Waals surface area (Å²) in [7, 11) is -1.80. The molecule has 2 fully saturated rings. The maximum Gasteiger partial charge on any atom is 0.306 e. The molecular formula is C37H46O8S. The van der Waals surface area contributed by atoms with Gasteiger partial charge < -0.3 is 18.9 Å². The van der Waals surface area contributed by atoms with Crippen molar-refractivity contribution >= 4 is 16.1 Å². The van der Waals surface area contributed by atoms with Crippen LogP contribution >= 0.6 is 0 Å². The molecule has 0 unspecified atom stereocenters. The Hall–Kier alpha value is -3.56. The molecule has 46 heavy (non-hydrogen) atoms. The SMILES string of the molecule is COC(=O)C[C@@H]1COc2cc(OCc3cccc(-c4c(C)cc(OC5CCCC5)cc4C)c3)ccc21.CS(=O)(=O)OC1CCCC1. The summed E-state index contributed by atoms with van der Waals surface area (Å²) in [4.78, 5) is 11.7. The second-order valence-electron chi connectivity index (χ2n) is 12.6. The molecule has 0 aromatic heterocycles. The Bertz CT molecular complexity index is 1580. The Balaban J connectivity index is 0.000000356. The van der Waals surface area contributed by atoms with Crippen LogP contribution in [-0.2, 0) is 30.4 Å². The summed E-state index contributed by atoms with van der Waals surface area (Å²) in [6, 6.07) is 18.7. The van der Waals surface area contributed by atoms with Gasteiger partial charge in [-0.05, 0) is 104 Å². The van der Waals surface area contributed by atoms with E-state index in [0.29, 0.717) is 25.7 Å². The van der Waals surface area contributed by atoms with Crippen LogP contribution in [0.25, 0.3) is 11.1 Å². The van der Waals surface area contributed by atoms with Gasteiger partial charge in [0.25, 0.3) is 10.1 Å². The number of hydrogen-bond donors (Lipinski definition) is 0. The van der Waals surface area contributed by atoms with Crippen molar-refractivity contribution in [3.8, 4) is 28.4 Å². The van der Waals surface area contributed by atoms with Crippen molar-refractivity contribution in [1.29, 1.82) is 0 Å². The molecule has 1 aliphatic heterocycles. The van der Waals surface area contributed by atoms with Gasteiger partial charge in [0.15, 0.2) is 0 Å². The number of hydrogen-bond acceptors (Lipinski definition) is 8. The lowest BCUT2D eigenvalue weighted by Gasteiger charge is -2.17. The zero-order valence-electron chi connectivity index (χ0n) is 27.4. The minimum absolute atomic E-state index is 0.0274. The highest BCUT2D eigenvalue weighted by Gasteiger charge is 2.27. The Labute approximate surface area is 273 Å². The summed E-state index contributed by atoms with van der Waals surface area (Å²) in [5.74, 6) is 2.31. The fraction of sp³-hybridized carbons (Fsp3) is 0.486. The number of rotatable bonds is 10. The van der Waals surface area contributed by atoms with Crippen LogP contribution in [0.15, 0.2) is 54.6 Å². The first kappa shape index (κ1) is 33.8. The molecule has 0 bridgehead atoms. The number of fused-ring (bicyclic) bond motifs is 1. The molecule has 3 aromatic rings. The highest BCUT2D eigenvalue weighted by Crippen LogP contribution is 2.39. The summed E-state index contributed by atoms with van der Waals surface area (Å²) in [6.07, 6.45) is 10.6. The van der Waals surface area contributed by atoms with Crippen LogP contribution in [0.1, 0.15) is 86.0 Å². The molecule has 0 saturated heterocycles. The molecule has 1 atom stereocenters.